The summed E-state index contributed by atoms with van der Waals surface area (Å²) >= 11 is 0. The summed E-state index contributed by atoms with van der Waals surface area (Å²) in [5, 5.41) is 3.22. The van der Waals surface area contributed by atoms with Crippen LogP contribution in [0.2, 0.25) is 0 Å². The van der Waals surface area contributed by atoms with Crippen molar-refractivity contribution in [2.45, 2.75) is 71.8 Å². The SMILES string of the molecule is CC(C)(C)CC(=O)NC1CCc2ccc(C(=O)N3CCC4(CC3)CCN(c3ccncc3)CC4)cc21. The Bertz CT molecular complexity index is 1090. The van der Waals surface area contributed by atoms with Crippen LogP contribution in [0.25, 0.3) is 0 Å². The largest absolute Gasteiger partial charge is 0.371 e. The van der Waals surface area contributed by atoms with Gasteiger partial charge in [0.05, 0.1) is 6.04 Å². The third kappa shape index (κ3) is 5.42. The first kappa shape index (κ1) is 24.8. The topological polar surface area (TPSA) is 65.5 Å². The van der Waals surface area contributed by atoms with E-state index >= 15 is 0 Å². The molecule has 3 aliphatic rings. The molecule has 0 saturated carbocycles. The predicted octanol–water partition coefficient (Wildman–Crippen LogP) is 5.14. The van der Waals surface area contributed by atoms with Gasteiger partial charge in [0.25, 0.3) is 5.91 Å². The Labute approximate surface area is 215 Å². The number of aryl methyl sites for hydroxylation is 1. The molecule has 2 fully saturated rings. The number of aromatic nitrogens is 1. The molecule has 0 radical (unpaired) electrons. The third-order valence-electron chi connectivity index (χ3n) is 8.46. The molecule has 1 aromatic heterocycles. The van der Waals surface area contributed by atoms with Crippen LogP contribution in [0.5, 0.6) is 0 Å². The minimum atomic E-state index is -0.0371. The Balaban J connectivity index is 1.18. The molecule has 2 aromatic rings. The number of pyridine rings is 1. The maximum absolute atomic E-state index is 13.4. The van der Waals surface area contributed by atoms with E-state index in [4.69, 9.17) is 0 Å². The number of rotatable bonds is 4. The first-order valence-corrected chi connectivity index (χ1v) is 13.6. The van der Waals surface area contributed by atoms with Gasteiger partial charge < -0.3 is 15.1 Å². The zero-order valence-corrected chi connectivity index (χ0v) is 22.1. The second-order valence-electron chi connectivity index (χ2n) is 12.3. The van der Waals surface area contributed by atoms with E-state index in [0.29, 0.717) is 11.8 Å². The number of hydrogen-bond acceptors (Lipinski definition) is 4. The van der Waals surface area contributed by atoms with E-state index in [1.807, 2.05) is 29.4 Å². The summed E-state index contributed by atoms with van der Waals surface area (Å²) < 4.78 is 0. The fourth-order valence-electron chi connectivity index (χ4n) is 6.27. The maximum atomic E-state index is 13.4. The van der Waals surface area contributed by atoms with Crippen molar-refractivity contribution in [3.05, 3.63) is 59.4 Å². The number of hydrogen-bond donors (Lipinski definition) is 1. The number of piperidine rings is 2. The van der Waals surface area contributed by atoms with Crippen LogP contribution in [0.1, 0.15) is 86.8 Å². The van der Waals surface area contributed by atoms with Gasteiger partial charge in [-0.3, -0.25) is 14.6 Å². The van der Waals surface area contributed by atoms with E-state index in [1.54, 1.807) is 0 Å². The first-order valence-electron chi connectivity index (χ1n) is 13.6. The average Bonchev–Trinajstić information content (AvgIpc) is 3.26. The fourth-order valence-corrected chi connectivity index (χ4v) is 6.27. The van der Waals surface area contributed by atoms with Crippen LogP contribution in [0.3, 0.4) is 0 Å². The number of carbonyl (C=O) groups is 2. The van der Waals surface area contributed by atoms with Gasteiger partial charge >= 0.3 is 0 Å². The van der Waals surface area contributed by atoms with Crippen LogP contribution in [0.4, 0.5) is 5.69 Å². The smallest absolute Gasteiger partial charge is 0.253 e. The van der Waals surface area contributed by atoms with Crippen molar-refractivity contribution >= 4 is 17.5 Å². The number of benzene rings is 1. The molecule has 0 bridgehead atoms. The van der Waals surface area contributed by atoms with Gasteiger partial charge in [0, 0.05) is 56.2 Å². The summed E-state index contributed by atoms with van der Waals surface area (Å²) in [5.41, 5.74) is 4.73. The number of likely N-dealkylation sites (tertiary alicyclic amines) is 1. The highest BCUT2D eigenvalue weighted by Gasteiger charge is 2.39. The molecule has 5 rings (SSSR count). The molecule has 6 heteroatoms. The van der Waals surface area contributed by atoms with Crippen LogP contribution in [0, 0.1) is 10.8 Å². The molecule has 6 nitrogen and oxygen atoms in total. The van der Waals surface area contributed by atoms with E-state index < -0.39 is 0 Å². The molecule has 1 N–H and O–H groups in total. The Morgan fingerprint density at radius 1 is 1.00 bits per heavy atom. The van der Waals surface area contributed by atoms with Gasteiger partial charge in [-0.15, -0.1) is 0 Å². The van der Waals surface area contributed by atoms with Crippen LogP contribution in [-0.4, -0.2) is 47.9 Å². The second-order valence-corrected chi connectivity index (χ2v) is 12.3. The third-order valence-corrected chi connectivity index (χ3v) is 8.46. The zero-order valence-electron chi connectivity index (χ0n) is 22.1. The quantitative estimate of drug-likeness (QED) is 0.647. The monoisotopic (exact) mass is 488 g/mol. The van der Waals surface area contributed by atoms with Crippen molar-refractivity contribution < 1.29 is 9.59 Å². The Hall–Kier alpha value is -2.89. The van der Waals surface area contributed by atoms with Crippen LogP contribution in [-0.2, 0) is 11.2 Å². The Morgan fingerprint density at radius 3 is 2.33 bits per heavy atom. The molecule has 2 aliphatic heterocycles. The Kier molecular flexibility index (Phi) is 6.80. The highest BCUT2D eigenvalue weighted by Crippen LogP contribution is 2.42. The first-order chi connectivity index (χ1) is 17.2. The summed E-state index contributed by atoms with van der Waals surface area (Å²) in [6.45, 7) is 10.1. The molecule has 1 spiro atoms. The maximum Gasteiger partial charge on any atom is 0.253 e. The lowest BCUT2D eigenvalue weighted by Crippen LogP contribution is -2.48. The highest BCUT2D eigenvalue weighted by molar-refractivity contribution is 5.94. The Morgan fingerprint density at radius 2 is 1.67 bits per heavy atom. The fraction of sp³-hybridized carbons (Fsp3) is 0.567. The van der Waals surface area contributed by atoms with Crippen LogP contribution >= 0.6 is 0 Å². The van der Waals surface area contributed by atoms with Crippen molar-refractivity contribution in [2.75, 3.05) is 31.1 Å². The molecular formula is C30H40N4O2. The second kappa shape index (κ2) is 9.87. The highest BCUT2D eigenvalue weighted by atomic mass is 16.2. The van der Waals surface area contributed by atoms with Gasteiger partial charge in [0.2, 0.25) is 5.91 Å². The van der Waals surface area contributed by atoms with Gasteiger partial charge in [0.15, 0.2) is 0 Å². The lowest BCUT2D eigenvalue weighted by molar-refractivity contribution is -0.123. The van der Waals surface area contributed by atoms with E-state index in [9.17, 15) is 9.59 Å². The molecule has 192 valence electrons. The lowest BCUT2D eigenvalue weighted by Gasteiger charge is -2.47. The van der Waals surface area contributed by atoms with Gasteiger partial charge in [-0.2, -0.15) is 0 Å². The summed E-state index contributed by atoms with van der Waals surface area (Å²) in [4.78, 5) is 34.6. The standard InChI is InChI=1S/C30H40N4O2/c1-29(2,3)21-27(35)32-26-7-6-22-4-5-23(20-25(22)26)28(36)34-18-12-30(13-19-34)10-16-33(17-11-30)24-8-14-31-15-9-24/h4-5,8-9,14-15,20,26H,6-7,10-13,16-19,21H2,1-3H3,(H,32,35). The average molecular weight is 489 g/mol. The van der Waals surface area contributed by atoms with Gasteiger partial charge in [-0.1, -0.05) is 26.8 Å². The minimum Gasteiger partial charge on any atom is -0.371 e. The predicted molar refractivity (Wildman–Crippen MR) is 143 cm³/mol. The summed E-state index contributed by atoms with van der Waals surface area (Å²) in [5.74, 6) is 0.224. The molecule has 1 aromatic carbocycles. The zero-order chi connectivity index (χ0) is 25.3. The molecule has 1 atom stereocenters. The van der Waals surface area contributed by atoms with E-state index in [-0.39, 0.29) is 23.3 Å². The molecule has 36 heavy (non-hydrogen) atoms. The van der Waals surface area contributed by atoms with E-state index in [2.05, 4.69) is 54.2 Å². The van der Waals surface area contributed by atoms with Crippen LogP contribution in [0.15, 0.2) is 42.7 Å². The molecule has 3 heterocycles. The molecule has 1 aliphatic carbocycles. The summed E-state index contributed by atoms with van der Waals surface area (Å²) in [6, 6.07) is 10.3. The summed E-state index contributed by atoms with van der Waals surface area (Å²) in [6.07, 6.45) is 10.6. The summed E-state index contributed by atoms with van der Waals surface area (Å²) in [7, 11) is 0. The van der Waals surface area contributed by atoms with E-state index in [1.165, 1.54) is 24.1 Å². The van der Waals surface area contributed by atoms with Gasteiger partial charge in [-0.25, -0.2) is 0 Å². The van der Waals surface area contributed by atoms with Crippen molar-refractivity contribution in [1.29, 1.82) is 0 Å². The van der Waals surface area contributed by atoms with Crippen molar-refractivity contribution in [3.63, 3.8) is 0 Å². The number of carbonyl (C=O) groups excluding carboxylic acids is 2. The van der Waals surface area contributed by atoms with Gasteiger partial charge in [0.1, 0.15) is 0 Å². The van der Waals surface area contributed by atoms with Crippen molar-refractivity contribution in [1.82, 2.24) is 15.2 Å². The number of nitrogens with zero attached hydrogens (tertiary/aromatic N) is 3. The number of amides is 2. The van der Waals surface area contributed by atoms with Crippen molar-refractivity contribution in [2.24, 2.45) is 10.8 Å². The number of fused-ring (bicyclic) bond motifs is 1. The minimum absolute atomic E-state index is 0.0119. The normalized spacial score (nSPS) is 21.4. The molecular weight excluding hydrogens is 448 g/mol. The van der Waals surface area contributed by atoms with E-state index in [0.717, 1.165) is 63.0 Å². The number of nitrogens with one attached hydrogen (secondary N) is 1. The lowest BCUT2D eigenvalue weighted by atomic mass is 9.71. The molecule has 1 unspecified atom stereocenters. The van der Waals surface area contributed by atoms with Gasteiger partial charge in [-0.05, 0) is 84.7 Å². The van der Waals surface area contributed by atoms with Crippen LogP contribution < -0.4 is 10.2 Å². The van der Waals surface area contributed by atoms with Crippen molar-refractivity contribution in [3.8, 4) is 0 Å². The number of anilines is 1. The molecule has 2 saturated heterocycles. The molecule has 2 amide bonds.